The summed E-state index contributed by atoms with van der Waals surface area (Å²) in [5.74, 6) is -10.4. The van der Waals surface area contributed by atoms with E-state index in [-0.39, 0.29) is 12.0 Å². The van der Waals surface area contributed by atoms with Crippen LogP contribution in [0.2, 0.25) is 0 Å². The minimum Gasteiger partial charge on any atom is -0.207 e. The molecule has 6 heteroatoms. The zero-order valence-corrected chi connectivity index (χ0v) is 10.5. The summed E-state index contributed by atoms with van der Waals surface area (Å²) in [4.78, 5) is 0. The van der Waals surface area contributed by atoms with Gasteiger partial charge in [-0.25, -0.2) is 26.3 Å². The van der Waals surface area contributed by atoms with Crippen LogP contribution >= 0.6 is 0 Å². The standard InChI is InChI=1S/C14H10F6/c1-2-3-4-6-7(15)5-8(16)10-9(6)11(17)13(19)14(20)12(10)18/h5H,2-4H2,1H3. The average Bonchev–Trinajstić information content (AvgIpc) is 2.41. The number of halogens is 6. The number of hydrogen-bond donors (Lipinski definition) is 0. The fourth-order valence-corrected chi connectivity index (χ4v) is 2.13. The summed E-state index contributed by atoms with van der Waals surface area (Å²) in [6.45, 7) is 1.78. The van der Waals surface area contributed by atoms with Crippen LogP contribution in [0.25, 0.3) is 10.8 Å². The zero-order chi connectivity index (χ0) is 15.0. The van der Waals surface area contributed by atoms with E-state index >= 15 is 0 Å². The van der Waals surface area contributed by atoms with E-state index in [0.717, 1.165) is 0 Å². The predicted octanol–water partition coefficient (Wildman–Crippen LogP) is 5.02. The van der Waals surface area contributed by atoms with Crippen LogP contribution in [-0.4, -0.2) is 0 Å². The van der Waals surface area contributed by atoms with Gasteiger partial charge in [-0.1, -0.05) is 13.3 Å². The minimum absolute atomic E-state index is 0.0272. The van der Waals surface area contributed by atoms with Crippen molar-refractivity contribution in [3.63, 3.8) is 0 Å². The van der Waals surface area contributed by atoms with E-state index in [0.29, 0.717) is 18.9 Å². The number of benzene rings is 2. The molecule has 0 aliphatic carbocycles. The highest BCUT2D eigenvalue weighted by Crippen LogP contribution is 2.33. The van der Waals surface area contributed by atoms with Crippen molar-refractivity contribution in [3.05, 3.63) is 46.5 Å². The van der Waals surface area contributed by atoms with Gasteiger partial charge in [0.1, 0.15) is 11.6 Å². The van der Waals surface area contributed by atoms with Gasteiger partial charge in [0, 0.05) is 11.5 Å². The van der Waals surface area contributed by atoms with E-state index in [1.54, 1.807) is 6.92 Å². The fourth-order valence-electron chi connectivity index (χ4n) is 2.13. The monoisotopic (exact) mass is 292 g/mol. The van der Waals surface area contributed by atoms with Crippen molar-refractivity contribution >= 4 is 10.8 Å². The largest absolute Gasteiger partial charge is 0.207 e. The molecule has 20 heavy (non-hydrogen) atoms. The lowest BCUT2D eigenvalue weighted by atomic mass is 9.97. The van der Waals surface area contributed by atoms with Crippen LogP contribution in [0.1, 0.15) is 25.3 Å². The van der Waals surface area contributed by atoms with E-state index in [1.807, 2.05) is 0 Å². The van der Waals surface area contributed by atoms with Crippen molar-refractivity contribution in [2.24, 2.45) is 0 Å². The van der Waals surface area contributed by atoms with Crippen molar-refractivity contribution in [3.8, 4) is 0 Å². The lowest BCUT2D eigenvalue weighted by Gasteiger charge is -2.12. The first-order valence-electron chi connectivity index (χ1n) is 6.02. The van der Waals surface area contributed by atoms with Crippen LogP contribution in [0, 0.1) is 34.9 Å². The second-order valence-electron chi connectivity index (χ2n) is 4.43. The molecule has 0 saturated heterocycles. The fraction of sp³-hybridized carbons (Fsp3) is 0.286. The summed E-state index contributed by atoms with van der Waals surface area (Å²) in [6.07, 6.45) is 1.00. The van der Waals surface area contributed by atoms with Crippen molar-refractivity contribution in [2.45, 2.75) is 26.2 Å². The molecule has 108 valence electrons. The van der Waals surface area contributed by atoms with Crippen molar-refractivity contribution in [1.29, 1.82) is 0 Å². The Bertz CT molecular complexity index is 678. The minimum atomic E-state index is -2.11. The number of rotatable bonds is 3. The normalized spacial score (nSPS) is 11.3. The number of fused-ring (bicyclic) bond motifs is 1. The molecule has 0 spiro atoms. The smallest absolute Gasteiger partial charge is 0.198 e. The summed E-state index contributed by atoms with van der Waals surface area (Å²) < 4.78 is 81.0. The molecular formula is C14H10F6. The molecule has 2 aromatic rings. The highest BCUT2D eigenvalue weighted by atomic mass is 19.2. The Morgan fingerprint density at radius 1 is 0.750 bits per heavy atom. The Balaban J connectivity index is 2.93. The third-order valence-electron chi connectivity index (χ3n) is 3.13. The SMILES string of the molecule is CCCCc1c(F)cc(F)c2c(F)c(F)c(F)c(F)c12. The Morgan fingerprint density at radius 2 is 1.30 bits per heavy atom. The van der Waals surface area contributed by atoms with E-state index in [2.05, 4.69) is 0 Å². The first-order valence-corrected chi connectivity index (χ1v) is 6.02. The molecule has 0 nitrogen and oxygen atoms in total. The Kier molecular flexibility index (Phi) is 3.92. The van der Waals surface area contributed by atoms with Gasteiger partial charge >= 0.3 is 0 Å². The third-order valence-corrected chi connectivity index (χ3v) is 3.13. The summed E-state index contributed by atoms with van der Waals surface area (Å²) in [6, 6.07) is 0.354. The van der Waals surface area contributed by atoms with Gasteiger partial charge in [0.25, 0.3) is 0 Å². The van der Waals surface area contributed by atoms with Gasteiger partial charge in [-0.2, -0.15) is 0 Å². The molecule has 0 radical (unpaired) electrons. The van der Waals surface area contributed by atoms with E-state index in [9.17, 15) is 26.3 Å². The van der Waals surface area contributed by atoms with Gasteiger partial charge in [0.05, 0.1) is 5.39 Å². The number of aryl methyl sites for hydroxylation is 1. The summed E-state index contributed by atoms with van der Waals surface area (Å²) in [5.41, 5.74) is -0.349. The first kappa shape index (κ1) is 14.7. The van der Waals surface area contributed by atoms with Crippen molar-refractivity contribution in [1.82, 2.24) is 0 Å². The number of unbranched alkanes of at least 4 members (excludes halogenated alkanes) is 1. The van der Waals surface area contributed by atoms with Crippen LogP contribution in [-0.2, 0) is 6.42 Å². The summed E-state index contributed by atoms with van der Waals surface area (Å²) >= 11 is 0. The van der Waals surface area contributed by atoms with Gasteiger partial charge in [0.15, 0.2) is 23.3 Å². The van der Waals surface area contributed by atoms with Gasteiger partial charge in [-0.15, -0.1) is 0 Å². The van der Waals surface area contributed by atoms with Crippen LogP contribution in [0.4, 0.5) is 26.3 Å². The van der Waals surface area contributed by atoms with Gasteiger partial charge in [-0.3, -0.25) is 0 Å². The first-order chi connectivity index (χ1) is 9.40. The van der Waals surface area contributed by atoms with Crippen LogP contribution in [0.5, 0.6) is 0 Å². The molecular weight excluding hydrogens is 282 g/mol. The lowest BCUT2D eigenvalue weighted by molar-refractivity contribution is 0.415. The molecule has 0 aromatic heterocycles. The Morgan fingerprint density at radius 3 is 1.85 bits per heavy atom. The van der Waals surface area contributed by atoms with Crippen LogP contribution < -0.4 is 0 Å². The Labute approximate surface area is 111 Å². The van der Waals surface area contributed by atoms with Crippen LogP contribution in [0.15, 0.2) is 6.07 Å². The average molecular weight is 292 g/mol. The highest BCUT2D eigenvalue weighted by Gasteiger charge is 2.26. The van der Waals surface area contributed by atoms with Crippen molar-refractivity contribution < 1.29 is 26.3 Å². The maximum Gasteiger partial charge on any atom is 0.198 e. The van der Waals surface area contributed by atoms with Crippen molar-refractivity contribution in [2.75, 3.05) is 0 Å². The maximum absolute atomic E-state index is 13.8. The molecule has 0 aliphatic heterocycles. The van der Waals surface area contributed by atoms with Gasteiger partial charge in [0.2, 0.25) is 0 Å². The number of hydrogen-bond acceptors (Lipinski definition) is 0. The predicted molar refractivity (Wildman–Crippen MR) is 62.3 cm³/mol. The van der Waals surface area contributed by atoms with Gasteiger partial charge < -0.3 is 0 Å². The molecule has 0 bridgehead atoms. The summed E-state index contributed by atoms with van der Waals surface area (Å²) in [7, 11) is 0. The molecule has 0 heterocycles. The third kappa shape index (κ3) is 2.13. The second kappa shape index (κ2) is 5.34. The van der Waals surface area contributed by atoms with Gasteiger partial charge in [-0.05, 0) is 18.4 Å². The molecule has 0 aliphatic rings. The molecule has 0 fully saturated rings. The summed E-state index contributed by atoms with van der Waals surface area (Å²) in [5, 5.41) is -1.93. The molecule has 0 amide bonds. The van der Waals surface area contributed by atoms with E-state index in [1.165, 1.54) is 0 Å². The molecule has 0 saturated carbocycles. The topological polar surface area (TPSA) is 0 Å². The van der Waals surface area contributed by atoms with Crippen LogP contribution in [0.3, 0.4) is 0 Å². The van der Waals surface area contributed by atoms with E-state index in [4.69, 9.17) is 0 Å². The second-order valence-corrected chi connectivity index (χ2v) is 4.43. The molecule has 0 unspecified atom stereocenters. The maximum atomic E-state index is 13.8. The molecule has 2 rings (SSSR count). The quantitative estimate of drug-likeness (QED) is 0.423. The lowest BCUT2D eigenvalue weighted by Crippen LogP contribution is -2.05. The Hall–Kier alpha value is -1.72. The van der Waals surface area contributed by atoms with E-state index < -0.39 is 45.7 Å². The molecule has 0 atom stereocenters. The zero-order valence-electron chi connectivity index (χ0n) is 10.5. The molecule has 0 N–H and O–H groups in total. The molecule has 2 aromatic carbocycles. The highest BCUT2D eigenvalue weighted by molar-refractivity contribution is 5.88.